The first-order valence-electron chi connectivity index (χ1n) is 6.68. The second-order valence-corrected chi connectivity index (χ2v) is 5.31. The van der Waals surface area contributed by atoms with Crippen LogP contribution in [0.3, 0.4) is 0 Å². The molecule has 0 spiro atoms. The van der Waals surface area contributed by atoms with E-state index in [-0.39, 0.29) is 16.5 Å². The van der Waals surface area contributed by atoms with Gasteiger partial charge >= 0.3 is 0 Å². The summed E-state index contributed by atoms with van der Waals surface area (Å²) < 4.78 is 1.60. The van der Waals surface area contributed by atoms with Crippen molar-refractivity contribution in [1.29, 1.82) is 0 Å². The van der Waals surface area contributed by atoms with Gasteiger partial charge in [-0.15, -0.1) is 5.11 Å². The number of carbonyl (C=O) groups excluding carboxylic acids is 1. The van der Waals surface area contributed by atoms with Gasteiger partial charge in [-0.3, -0.25) is 0 Å². The summed E-state index contributed by atoms with van der Waals surface area (Å²) in [7, 11) is 1.72. The molecule has 0 atom stereocenters. The third-order valence-electron chi connectivity index (χ3n) is 3.49. The molecular weight excluding hydrogens is 318 g/mol. The summed E-state index contributed by atoms with van der Waals surface area (Å²) in [5.41, 5.74) is 1.25. The standard InChI is InChI=1S/C16H12ClN3O3/c1-20-13-5-3-2-4-10(13)14(15(20)21)19-18-9-6-7-12(17)11(8-9)16(22)23/h2-8,21H,1H3,(H,22,23)/p-1. The predicted octanol–water partition coefficient (Wildman–Crippen LogP) is 3.32. The molecule has 0 saturated heterocycles. The van der Waals surface area contributed by atoms with E-state index < -0.39 is 5.97 Å². The van der Waals surface area contributed by atoms with Crippen LogP contribution < -0.4 is 5.11 Å². The van der Waals surface area contributed by atoms with E-state index in [1.807, 2.05) is 24.3 Å². The molecule has 116 valence electrons. The van der Waals surface area contributed by atoms with Crippen molar-refractivity contribution in [3.8, 4) is 5.88 Å². The van der Waals surface area contributed by atoms with Crippen molar-refractivity contribution in [3.05, 3.63) is 53.1 Å². The molecule has 0 bridgehead atoms. The average Bonchev–Trinajstić information content (AvgIpc) is 2.78. The Kier molecular flexibility index (Phi) is 3.75. The lowest BCUT2D eigenvalue weighted by molar-refractivity contribution is -0.255. The van der Waals surface area contributed by atoms with E-state index in [1.54, 1.807) is 11.6 Å². The highest BCUT2D eigenvalue weighted by molar-refractivity contribution is 6.33. The highest BCUT2D eigenvalue weighted by atomic mass is 35.5. The summed E-state index contributed by atoms with van der Waals surface area (Å²) in [6.07, 6.45) is 0. The molecule has 3 aromatic rings. The normalized spacial score (nSPS) is 11.4. The first-order chi connectivity index (χ1) is 11.0. The maximum Gasteiger partial charge on any atom is 0.220 e. The Morgan fingerprint density at radius 2 is 1.96 bits per heavy atom. The van der Waals surface area contributed by atoms with E-state index >= 15 is 0 Å². The lowest BCUT2D eigenvalue weighted by Crippen LogP contribution is -2.22. The van der Waals surface area contributed by atoms with Gasteiger partial charge in [0, 0.05) is 23.0 Å². The molecule has 0 radical (unpaired) electrons. The number of aromatic nitrogens is 1. The summed E-state index contributed by atoms with van der Waals surface area (Å²) in [4.78, 5) is 11.0. The zero-order valence-corrected chi connectivity index (χ0v) is 12.8. The third-order valence-corrected chi connectivity index (χ3v) is 3.81. The number of rotatable bonds is 3. The number of benzene rings is 2. The van der Waals surface area contributed by atoms with Crippen LogP contribution in [0, 0.1) is 0 Å². The molecule has 0 saturated carbocycles. The van der Waals surface area contributed by atoms with E-state index in [9.17, 15) is 15.0 Å². The predicted molar refractivity (Wildman–Crippen MR) is 84.5 cm³/mol. The van der Waals surface area contributed by atoms with Gasteiger partial charge in [0.2, 0.25) is 5.88 Å². The maximum absolute atomic E-state index is 11.0. The smallest absolute Gasteiger partial charge is 0.220 e. The molecule has 2 aromatic carbocycles. The van der Waals surface area contributed by atoms with E-state index in [1.165, 1.54) is 18.2 Å². The molecular formula is C16H11ClN3O3-. The van der Waals surface area contributed by atoms with E-state index in [0.29, 0.717) is 11.4 Å². The number of carbonyl (C=O) groups is 1. The number of hydrogen-bond acceptors (Lipinski definition) is 5. The first-order valence-corrected chi connectivity index (χ1v) is 7.06. The number of azo groups is 1. The van der Waals surface area contributed by atoms with Crippen LogP contribution in [0.5, 0.6) is 5.88 Å². The minimum absolute atomic E-state index is 0.0240. The Labute approximate surface area is 136 Å². The van der Waals surface area contributed by atoms with Crippen molar-refractivity contribution >= 4 is 39.8 Å². The van der Waals surface area contributed by atoms with Gasteiger partial charge in [-0.25, -0.2) is 0 Å². The largest absolute Gasteiger partial charge is 0.545 e. The summed E-state index contributed by atoms with van der Waals surface area (Å²) in [6, 6.07) is 11.6. The van der Waals surface area contributed by atoms with Gasteiger partial charge in [-0.2, -0.15) is 5.11 Å². The third kappa shape index (κ3) is 2.64. The summed E-state index contributed by atoms with van der Waals surface area (Å²) in [6.45, 7) is 0. The van der Waals surface area contributed by atoms with Gasteiger partial charge in [0.25, 0.3) is 0 Å². The Morgan fingerprint density at radius 3 is 2.70 bits per heavy atom. The van der Waals surface area contributed by atoms with Crippen LogP contribution >= 0.6 is 11.6 Å². The Morgan fingerprint density at radius 1 is 1.22 bits per heavy atom. The van der Waals surface area contributed by atoms with E-state index in [2.05, 4.69) is 10.2 Å². The van der Waals surface area contributed by atoms with Crippen molar-refractivity contribution in [2.24, 2.45) is 17.3 Å². The van der Waals surface area contributed by atoms with Crippen molar-refractivity contribution in [2.45, 2.75) is 0 Å². The Balaban J connectivity index is 2.06. The van der Waals surface area contributed by atoms with E-state index in [4.69, 9.17) is 11.6 Å². The quantitative estimate of drug-likeness (QED) is 0.748. The number of hydrogen-bond donors (Lipinski definition) is 1. The summed E-state index contributed by atoms with van der Waals surface area (Å²) in [5.74, 6) is -1.41. The lowest BCUT2D eigenvalue weighted by atomic mass is 10.2. The highest BCUT2D eigenvalue weighted by Gasteiger charge is 2.13. The van der Waals surface area contributed by atoms with Crippen LogP contribution in [0.1, 0.15) is 10.4 Å². The molecule has 6 nitrogen and oxygen atoms in total. The van der Waals surface area contributed by atoms with Gasteiger partial charge in [-0.1, -0.05) is 29.8 Å². The maximum atomic E-state index is 11.0. The van der Waals surface area contributed by atoms with Crippen molar-refractivity contribution < 1.29 is 15.0 Å². The van der Waals surface area contributed by atoms with Gasteiger partial charge in [0.05, 0.1) is 17.2 Å². The SMILES string of the molecule is Cn1c(O)c(N=Nc2ccc(Cl)c(C(=O)[O-])c2)c2ccccc21. The lowest BCUT2D eigenvalue weighted by Gasteiger charge is -2.05. The van der Waals surface area contributed by atoms with Gasteiger partial charge < -0.3 is 19.6 Å². The molecule has 1 N–H and O–H groups in total. The van der Waals surface area contributed by atoms with Crippen molar-refractivity contribution in [1.82, 2.24) is 4.57 Å². The molecule has 0 aliphatic rings. The molecule has 0 aliphatic carbocycles. The fourth-order valence-corrected chi connectivity index (χ4v) is 2.49. The zero-order valence-electron chi connectivity index (χ0n) is 12.0. The van der Waals surface area contributed by atoms with Crippen molar-refractivity contribution in [2.75, 3.05) is 0 Å². The van der Waals surface area contributed by atoms with Gasteiger partial charge in [0.1, 0.15) is 0 Å². The molecule has 23 heavy (non-hydrogen) atoms. The average molecular weight is 329 g/mol. The second-order valence-electron chi connectivity index (χ2n) is 4.90. The number of aromatic carboxylic acids is 1. The van der Waals surface area contributed by atoms with Gasteiger partial charge in [-0.05, 0) is 24.3 Å². The van der Waals surface area contributed by atoms with Crippen molar-refractivity contribution in [3.63, 3.8) is 0 Å². The Hall–Kier alpha value is -2.86. The molecule has 0 fully saturated rings. The number of para-hydroxylation sites is 1. The van der Waals surface area contributed by atoms with Crippen LogP contribution in [0.4, 0.5) is 11.4 Å². The number of aromatic hydroxyl groups is 1. The van der Waals surface area contributed by atoms with Crippen LogP contribution in [0.2, 0.25) is 5.02 Å². The molecule has 7 heteroatoms. The number of carboxylic acids is 1. The van der Waals surface area contributed by atoms with Crippen LogP contribution in [0.25, 0.3) is 10.9 Å². The molecule has 3 rings (SSSR count). The minimum atomic E-state index is -1.39. The second kappa shape index (κ2) is 5.73. The van der Waals surface area contributed by atoms with E-state index in [0.717, 1.165) is 10.9 Å². The van der Waals surface area contributed by atoms with Crippen LogP contribution in [-0.4, -0.2) is 15.6 Å². The number of aryl methyl sites for hydroxylation is 1. The summed E-state index contributed by atoms with van der Waals surface area (Å²) in [5, 5.41) is 30.0. The monoisotopic (exact) mass is 328 g/mol. The minimum Gasteiger partial charge on any atom is -0.545 e. The Bertz CT molecular complexity index is 947. The number of carboxylic acid groups (broad SMARTS) is 1. The topological polar surface area (TPSA) is 90.0 Å². The molecule has 1 aromatic heterocycles. The van der Waals surface area contributed by atoms with Gasteiger partial charge in [0.15, 0.2) is 5.69 Å². The molecule has 1 heterocycles. The van der Waals surface area contributed by atoms with Crippen LogP contribution in [0.15, 0.2) is 52.7 Å². The number of fused-ring (bicyclic) bond motifs is 1. The summed E-state index contributed by atoms with van der Waals surface area (Å²) >= 11 is 5.78. The number of nitrogens with zero attached hydrogens (tertiary/aromatic N) is 3. The molecule has 0 amide bonds. The fraction of sp³-hybridized carbons (Fsp3) is 0.0625. The fourth-order valence-electron chi connectivity index (χ4n) is 2.30. The molecule has 0 unspecified atom stereocenters. The highest BCUT2D eigenvalue weighted by Crippen LogP contribution is 2.38. The van der Waals surface area contributed by atoms with Crippen LogP contribution in [-0.2, 0) is 7.05 Å². The number of halogens is 1. The molecule has 0 aliphatic heterocycles. The zero-order chi connectivity index (χ0) is 16.6. The first kappa shape index (κ1) is 15.1.